The Hall–Kier alpha value is -1.30. The summed E-state index contributed by atoms with van der Waals surface area (Å²) in [6.07, 6.45) is 0. The van der Waals surface area contributed by atoms with E-state index in [0.29, 0.717) is 19.8 Å². The molecule has 3 N–H and O–H groups in total. The molecule has 0 amide bonds. The fourth-order valence-corrected chi connectivity index (χ4v) is 1.81. The second-order valence-corrected chi connectivity index (χ2v) is 4.13. The Balaban J connectivity index is 1.72. The number of aliphatic hydroxyl groups is 1. The van der Waals surface area contributed by atoms with Gasteiger partial charge in [0, 0.05) is 26.2 Å². The molecule has 0 saturated carbocycles. The molecule has 1 heterocycles. The first-order chi connectivity index (χ1) is 8.90. The van der Waals surface area contributed by atoms with Crippen molar-refractivity contribution in [3.05, 3.63) is 23.8 Å². The molecule has 100 valence electrons. The number of fused-ring (bicyclic) bond motifs is 1. The minimum absolute atomic E-state index is 0.183. The van der Waals surface area contributed by atoms with Gasteiger partial charge < -0.3 is 25.2 Å². The molecule has 2 rings (SSSR count). The highest BCUT2D eigenvalue weighted by Gasteiger charge is 2.11. The average molecular weight is 252 g/mol. The number of aliphatic hydroxyl groups excluding tert-OH is 1. The smallest absolute Gasteiger partial charge is 0.161 e. The lowest BCUT2D eigenvalue weighted by Crippen LogP contribution is -2.28. The molecule has 0 spiro atoms. The Labute approximate surface area is 107 Å². The summed E-state index contributed by atoms with van der Waals surface area (Å²) in [4.78, 5) is 0. The van der Waals surface area contributed by atoms with Crippen LogP contribution in [0.5, 0.6) is 11.5 Å². The zero-order chi connectivity index (χ0) is 12.6. The van der Waals surface area contributed by atoms with Crippen molar-refractivity contribution in [2.75, 3.05) is 39.5 Å². The van der Waals surface area contributed by atoms with Crippen molar-refractivity contribution in [2.45, 2.75) is 6.54 Å². The monoisotopic (exact) mass is 252 g/mol. The first kappa shape index (κ1) is 13.1. The second kappa shape index (κ2) is 7.20. The molecule has 1 aliphatic rings. The fourth-order valence-electron chi connectivity index (χ4n) is 1.81. The van der Waals surface area contributed by atoms with Crippen LogP contribution in [0.25, 0.3) is 0 Å². The Bertz CT molecular complexity index is 371. The molecule has 0 aromatic heterocycles. The minimum atomic E-state index is 0.183. The first-order valence-corrected chi connectivity index (χ1v) is 6.31. The lowest BCUT2D eigenvalue weighted by molar-refractivity contribution is 0.171. The normalized spacial score (nSPS) is 13.6. The van der Waals surface area contributed by atoms with Gasteiger partial charge in [0.05, 0.1) is 6.61 Å². The van der Waals surface area contributed by atoms with Gasteiger partial charge in [0.25, 0.3) is 0 Å². The molecule has 0 aliphatic carbocycles. The standard InChI is InChI=1S/C13H20N2O3/c16-6-5-14-3-4-15-10-11-1-2-12-13(9-11)18-8-7-17-12/h1-2,9,14-16H,3-8,10H2. The third kappa shape index (κ3) is 3.87. The third-order valence-electron chi connectivity index (χ3n) is 2.70. The number of nitrogens with one attached hydrogen (secondary N) is 2. The van der Waals surface area contributed by atoms with E-state index >= 15 is 0 Å². The van der Waals surface area contributed by atoms with Crippen LogP contribution >= 0.6 is 0 Å². The quantitative estimate of drug-likeness (QED) is 0.602. The lowest BCUT2D eigenvalue weighted by atomic mass is 10.2. The molecule has 1 aromatic rings. The number of benzene rings is 1. The van der Waals surface area contributed by atoms with E-state index in [2.05, 4.69) is 10.6 Å². The highest BCUT2D eigenvalue weighted by molar-refractivity contribution is 5.43. The van der Waals surface area contributed by atoms with E-state index in [0.717, 1.165) is 31.1 Å². The maximum Gasteiger partial charge on any atom is 0.161 e. The van der Waals surface area contributed by atoms with Crippen LogP contribution in [0, 0.1) is 0 Å². The SMILES string of the molecule is OCCNCCNCc1ccc2c(c1)OCCO2. The summed E-state index contributed by atoms with van der Waals surface area (Å²) in [5.74, 6) is 1.66. The van der Waals surface area contributed by atoms with Crippen LogP contribution in [0.4, 0.5) is 0 Å². The van der Waals surface area contributed by atoms with Gasteiger partial charge in [0.2, 0.25) is 0 Å². The zero-order valence-electron chi connectivity index (χ0n) is 10.4. The van der Waals surface area contributed by atoms with Gasteiger partial charge in [-0.15, -0.1) is 0 Å². The molecule has 0 atom stereocenters. The largest absolute Gasteiger partial charge is 0.486 e. The maximum atomic E-state index is 8.60. The van der Waals surface area contributed by atoms with Crippen LogP contribution in [-0.2, 0) is 6.54 Å². The van der Waals surface area contributed by atoms with Gasteiger partial charge in [-0.2, -0.15) is 0 Å². The van der Waals surface area contributed by atoms with Gasteiger partial charge in [-0.1, -0.05) is 6.07 Å². The van der Waals surface area contributed by atoms with E-state index in [4.69, 9.17) is 14.6 Å². The van der Waals surface area contributed by atoms with Gasteiger partial charge in [0.1, 0.15) is 13.2 Å². The lowest BCUT2D eigenvalue weighted by Gasteiger charge is -2.19. The summed E-state index contributed by atoms with van der Waals surface area (Å²) in [6.45, 7) is 4.60. The molecule has 0 bridgehead atoms. The predicted octanol–water partition coefficient (Wildman–Crippen LogP) is 0.129. The van der Waals surface area contributed by atoms with E-state index in [1.807, 2.05) is 18.2 Å². The Kier molecular flexibility index (Phi) is 5.26. The van der Waals surface area contributed by atoms with Crippen LogP contribution in [0.1, 0.15) is 5.56 Å². The second-order valence-electron chi connectivity index (χ2n) is 4.13. The molecule has 0 saturated heterocycles. The molecular weight excluding hydrogens is 232 g/mol. The molecule has 0 unspecified atom stereocenters. The van der Waals surface area contributed by atoms with Crippen LogP contribution in [0.3, 0.4) is 0 Å². The van der Waals surface area contributed by atoms with Gasteiger partial charge in [0.15, 0.2) is 11.5 Å². The number of hydrogen-bond acceptors (Lipinski definition) is 5. The Morgan fingerprint density at radius 1 is 1.00 bits per heavy atom. The van der Waals surface area contributed by atoms with E-state index in [-0.39, 0.29) is 6.61 Å². The zero-order valence-corrected chi connectivity index (χ0v) is 10.4. The number of rotatable bonds is 7. The van der Waals surface area contributed by atoms with Crippen LogP contribution in [0.15, 0.2) is 18.2 Å². The molecule has 18 heavy (non-hydrogen) atoms. The molecule has 0 radical (unpaired) electrons. The molecule has 5 heteroatoms. The summed E-state index contributed by atoms with van der Waals surface area (Å²) in [7, 11) is 0. The first-order valence-electron chi connectivity index (χ1n) is 6.31. The highest BCUT2D eigenvalue weighted by atomic mass is 16.6. The van der Waals surface area contributed by atoms with Crippen molar-refractivity contribution >= 4 is 0 Å². The van der Waals surface area contributed by atoms with E-state index in [9.17, 15) is 0 Å². The summed E-state index contributed by atoms with van der Waals surface area (Å²) in [5.41, 5.74) is 1.18. The van der Waals surface area contributed by atoms with Crippen molar-refractivity contribution in [1.82, 2.24) is 10.6 Å². The Morgan fingerprint density at radius 2 is 1.78 bits per heavy atom. The Morgan fingerprint density at radius 3 is 2.61 bits per heavy atom. The highest BCUT2D eigenvalue weighted by Crippen LogP contribution is 2.30. The third-order valence-corrected chi connectivity index (χ3v) is 2.70. The number of hydrogen-bond donors (Lipinski definition) is 3. The van der Waals surface area contributed by atoms with Crippen molar-refractivity contribution in [2.24, 2.45) is 0 Å². The van der Waals surface area contributed by atoms with Crippen LogP contribution in [-0.4, -0.2) is 44.6 Å². The maximum absolute atomic E-state index is 8.60. The van der Waals surface area contributed by atoms with Crippen molar-refractivity contribution < 1.29 is 14.6 Å². The molecular formula is C13H20N2O3. The van der Waals surface area contributed by atoms with E-state index < -0.39 is 0 Å². The van der Waals surface area contributed by atoms with Crippen molar-refractivity contribution in [3.63, 3.8) is 0 Å². The van der Waals surface area contributed by atoms with Gasteiger partial charge in [-0.05, 0) is 17.7 Å². The summed E-state index contributed by atoms with van der Waals surface area (Å²) >= 11 is 0. The predicted molar refractivity (Wildman–Crippen MR) is 69.1 cm³/mol. The molecule has 1 aromatic carbocycles. The molecule has 5 nitrogen and oxygen atoms in total. The van der Waals surface area contributed by atoms with Crippen molar-refractivity contribution in [3.8, 4) is 11.5 Å². The minimum Gasteiger partial charge on any atom is -0.486 e. The summed E-state index contributed by atoms with van der Waals surface area (Å²) in [5, 5.41) is 15.0. The van der Waals surface area contributed by atoms with Gasteiger partial charge in [-0.25, -0.2) is 0 Å². The van der Waals surface area contributed by atoms with Gasteiger partial charge >= 0.3 is 0 Å². The average Bonchev–Trinajstić information content (AvgIpc) is 2.42. The van der Waals surface area contributed by atoms with Crippen LogP contribution < -0.4 is 20.1 Å². The van der Waals surface area contributed by atoms with E-state index in [1.165, 1.54) is 5.56 Å². The number of ether oxygens (including phenoxy) is 2. The van der Waals surface area contributed by atoms with Gasteiger partial charge in [-0.3, -0.25) is 0 Å². The van der Waals surface area contributed by atoms with Crippen LogP contribution in [0.2, 0.25) is 0 Å². The fraction of sp³-hybridized carbons (Fsp3) is 0.538. The summed E-state index contributed by atoms with van der Waals surface area (Å²) < 4.78 is 11.0. The topological polar surface area (TPSA) is 62.8 Å². The summed E-state index contributed by atoms with van der Waals surface area (Å²) in [6, 6.07) is 6.01. The van der Waals surface area contributed by atoms with Crippen molar-refractivity contribution in [1.29, 1.82) is 0 Å². The molecule has 0 fully saturated rings. The van der Waals surface area contributed by atoms with E-state index in [1.54, 1.807) is 0 Å². The molecule has 1 aliphatic heterocycles.